The number of anilines is 1. The summed E-state index contributed by atoms with van der Waals surface area (Å²) in [5, 5.41) is 4.23. The molecule has 0 amide bonds. The SMILES string of the molecule is CC(C)=CCNc1ncc(C)s1. The maximum Gasteiger partial charge on any atom is 0.183 e. The Bertz CT molecular complexity index is 272. The molecule has 0 fully saturated rings. The van der Waals surface area contributed by atoms with Crippen LogP contribution in [0, 0.1) is 6.92 Å². The largest absolute Gasteiger partial charge is 0.358 e. The van der Waals surface area contributed by atoms with Crippen LogP contribution in [-0.2, 0) is 0 Å². The number of hydrogen-bond donors (Lipinski definition) is 1. The highest BCUT2D eigenvalue weighted by Crippen LogP contribution is 2.15. The fraction of sp³-hybridized carbons (Fsp3) is 0.444. The maximum absolute atomic E-state index is 4.19. The van der Waals surface area contributed by atoms with E-state index in [2.05, 4.69) is 37.1 Å². The van der Waals surface area contributed by atoms with Gasteiger partial charge < -0.3 is 5.32 Å². The Balaban J connectivity index is 2.38. The van der Waals surface area contributed by atoms with Gasteiger partial charge in [0.25, 0.3) is 0 Å². The molecule has 12 heavy (non-hydrogen) atoms. The smallest absolute Gasteiger partial charge is 0.183 e. The molecule has 1 N–H and O–H groups in total. The molecule has 1 heterocycles. The summed E-state index contributed by atoms with van der Waals surface area (Å²) in [6.45, 7) is 7.11. The molecule has 0 spiro atoms. The van der Waals surface area contributed by atoms with Crippen LogP contribution in [0.5, 0.6) is 0 Å². The van der Waals surface area contributed by atoms with Crippen molar-refractivity contribution in [1.29, 1.82) is 0 Å². The fourth-order valence-electron chi connectivity index (χ4n) is 0.779. The van der Waals surface area contributed by atoms with Crippen LogP contribution in [0.4, 0.5) is 5.13 Å². The first-order valence-corrected chi connectivity index (χ1v) is 4.80. The normalized spacial score (nSPS) is 9.58. The van der Waals surface area contributed by atoms with Gasteiger partial charge in [0.15, 0.2) is 5.13 Å². The van der Waals surface area contributed by atoms with E-state index in [4.69, 9.17) is 0 Å². The zero-order valence-electron chi connectivity index (χ0n) is 7.72. The Morgan fingerprint density at radius 1 is 1.67 bits per heavy atom. The summed E-state index contributed by atoms with van der Waals surface area (Å²) < 4.78 is 0. The highest BCUT2D eigenvalue weighted by Gasteiger charge is 1.94. The van der Waals surface area contributed by atoms with Gasteiger partial charge in [0.2, 0.25) is 0 Å². The highest BCUT2D eigenvalue weighted by molar-refractivity contribution is 7.15. The first-order chi connectivity index (χ1) is 5.68. The monoisotopic (exact) mass is 182 g/mol. The van der Waals surface area contributed by atoms with Crippen molar-refractivity contribution in [2.24, 2.45) is 0 Å². The molecule has 1 rings (SSSR count). The van der Waals surface area contributed by atoms with Crippen molar-refractivity contribution in [2.45, 2.75) is 20.8 Å². The Hall–Kier alpha value is -0.830. The quantitative estimate of drug-likeness (QED) is 0.727. The zero-order valence-corrected chi connectivity index (χ0v) is 8.53. The van der Waals surface area contributed by atoms with Crippen LogP contribution in [0.25, 0.3) is 0 Å². The van der Waals surface area contributed by atoms with Crippen LogP contribution in [0.1, 0.15) is 18.7 Å². The first kappa shape index (κ1) is 9.26. The lowest BCUT2D eigenvalue weighted by molar-refractivity contribution is 1.24. The molecule has 3 heteroatoms. The number of rotatable bonds is 3. The average molecular weight is 182 g/mol. The molecule has 0 aromatic carbocycles. The van der Waals surface area contributed by atoms with Gasteiger partial charge in [-0.3, -0.25) is 0 Å². The summed E-state index contributed by atoms with van der Waals surface area (Å²) in [6.07, 6.45) is 4.03. The molecule has 0 atom stereocenters. The molecule has 0 aliphatic heterocycles. The van der Waals surface area contributed by atoms with E-state index in [0.29, 0.717) is 0 Å². The molecule has 66 valence electrons. The van der Waals surface area contributed by atoms with E-state index in [1.54, 1.807) is 11.3 Å². The molecule has 1 aromatic heterocycles. The van der Waals surface area contributed by atoms with Crippen molar-refractivity contribution < 1.29 is 0 Å². The van der Waals surface area contributed by atoms with E-state index >= 15 is 0 Å². The second-order valence-corrected chi connectivity index (χ2v) is 4.17. The molecule has 0 saturated carbocycles. The van der Waals surface area contributed by atoms with Crippen LogP contribution >= 0.6 is 11.3 Å². The third kappa shape index (κ3) is 3.05. The van der Waals surface area contributed by atoms with Crippen molar-refractivity contribution in [3.8, 4) is 0 Å². The molecule has 0 aliphatic carbocycles. The van der Waals surface area contributed by atoms with E-state index in [0.717, 1.165) is 11.7 Å². The number of allylic oxidation sites excluding steroid dienone is 1. The topological polar surface area (TPSA) is 24.9 Å². The molecule has 0 radical (unpaired) electrons. The Labute approximate surface area is 77.3 Å². The summed E-state index contributed by atoms with van der Waals surface area (Å²) >= 11 is 1.69. The maximum atomic E-state index is 4.19. The predicted octanol–water partition coefficient (Wildman–Crippen LogP) is 2.83. The second-order valence-electron chi connectivity index (χ2n) is 2.94. The molecule has 1 aromatic rings. The predicted molar refractivity (Wildman–Crippen MR) is 54.8 cm³/mol. The van der Waals surface area contributed by atoms with Crippen molar-refractivity contribution in [1.82, 2.24) is 4.98 Å². The van der Waals surface area contributed by atoms with E-state index in [1.165, 1.54) is 10.5 Å². The highest BCUT2D eigenvalue weighted by atomic mass is 32.1. The molecular weight excluding hydrogens is 168 g/mol. The standard InChI is InChI=1S/C9H14N2S/c1-7(2)4-5-10-9-11-6-8(3)12-9/h4,6H,5H2,1-3H3,(H,10,11). The summed E-state index contributed by atoms with van der Waals surface area (Å²) in [5.74, 6) is 0. The van der Waals surface area contributed by atoms with E-state index < -0.39 is 0 Å². The number of nitrogens with zero attached hydrogens (tertiary/aromatic N) is 1. The van der Waals surface area contributed by atoms with Crippen molar-refractivity contribution >= 4 is 16.5 Å². The Morgan fingerprint density at radius 2 is 2.42 bits per heavy atom. The van der Waals surface area contributed by atoms with Crippen LogP contribution < -0.4 is 5.32 Å². The minimum absolute atomic E-state index is 0.870. The Kier molecular flexibility index (Phi) is 3.29. The molecule has 2 nitrogen and oxygen atoms in total. The summed E-state index contributed by atoms with van der Waals surface area (Å²) in [6, 6.07) is 0. The van der Waals surface area contributed by atoms with Crippen molar-refractivity contribution in [3.05, 3.63) is 22.7 Å². The number of hydrogen-bond acceptors (Lipinski definition) is 3. The minimum Gasteiger partial charge on any atom is -0.358 e. The van der Waals surface area contributed by atoms with Gasteiger partial charge in [0.1, 0.15) is 0 Å². The van der Waals surface area contributed by atoms with E-state index in [-0.39, 0.29) is 0 Å². The van der Waals surface area contributed by atoms with Crippen LogP contribution in [0.15, 0.2) is 17.8 Å². The third-order valence-corrected chi connectivity index (χ3v) is 2.26. The van der Waals surface area contributed by atoms with Crippen LogP contribution in [0.2, 0.25) is 0 Å². The lowest BCUT2D eigenvalue weighted by Crippen LogP contribution is -1.97. The first-order valence-electron chi connectivity index (χ1n) is 3.98. The van der Waals surface area contributed by atoms with Gasteiger partial charge in [0.05, 0.1) is 0 Å². The van der Waals surface area contributed by atoms with Gasteiger partial charge in [-0.15, -0.1) is 11.3 Å². The van der Waals surface area contributed by atoms with Crippen molar-refractivity contribution in [2.75, 3.05) is 11.9 Å². The van der Waals surface area contributed by atoms with Crippen LogP contribution in [0.3, 0.4) is 0 Å². The third-order valence-electron chi connectivity index (χ3n) is 1.38. The van der Waals surface area contributed by atoms with Gasteiger partial charge in [-0.2, -0.15) is 0 Å². The second kappa shape index (κ2) is 4.26. The molecule has 0 aliphatic rings. The fourth-order valence-corrected chi connectivity index (χ4v) is 1.45. The van der Waals surface area contributed by atoms with Gasteiger partial charge in [-0.05, 0) is 20.8 Å². The summed E-state index contributed by atoms with van der Waals surface area (Å²) in [7, 11) is 0. The van der Waals surface area contributed by atoms with Gasteiger partial charge in [0, 0.05) is 17.6 Å². The molecular formula is C9H14N2S. The summed E-state index contributed by atoms with van der Waals surface area (Å²) in [4.78, 5) is 5.44. The van der Waals surface area contributed by atoms with Gasteiger partial charge in [-0.25, -0.2) is 4.98 Å². The van der Waals surface area contributed by atoms with Crippen molar-refractivity contribution in [3.63, 3.8) is 0 Å². The molecule has 0 saturated heterocycles. The molecule has 0 bridgehead atoms. The van der Waals surface area contributed by atoms with Gasteiger partial charge >= 0.3 is 0 Å². The average Bonchev–Trinajstić information content (AvgIpc) is 2.35. The zero-order chi connectivity index (χ0) is 8.97. The number of nitrogens with one attached hydrogen (secondary N) is 1. The van der Waals surface area contributed by atoms with Crippen LogP contribution in [-0.4, -0.2) is 11.5 Å². The van der Waals surface area contributed by atoms with Gasteiger partial charge in [-0.1, -0.05) is 11.6 Å². The lowest BCUT2D eigenvalue weighted by Gasteiger charge is -1.96. The molecule has 0 unspecified atom stereocenters. The number of thiazole rings is 1. The number of aromatic nitrogens is 1. The minimum atomic E-state index is 0.870. The van der Waals surface area contributed by atoms with E-state index in [1.807, 2.05) is 6.20 Å². The van der Waals surface area contributed by atoms with E-state index in [9.17, 15) is 0 Å². The number of aryl methyl sites for hydroxylation is 1. The lowest BCUT2D eigenvalue weighted by atomic mass is 10.3. The Morgan fingerprint density at radius 3 is 2.92 bits per heavy atom. The summed E-state index contributed by atoms with van der Waals surface area (Å²) in [5.41, 5.74) is 1.33.